The molecule has 1 atom stereocenters. The molecule has 1 saturated heterocycles. The minimum atomic E-state index is -3.08. The first-order chi connectivity index (χ1) is 9.86. The molecule has 1 aliphatic heterocycles. The summed E-state index contributed by atoms with van der Waals surface area (Å²) >= 11 is 0. The number of carboxylic acid groups (broad SMARTS) is 1. The van der Waals surface area contributed by atoms with Gasteiger partial charge < -0.3 is 10.4 Å². The summed E-state index contributed by atoms with van der Waals surface area (Å²) < 4.78 is 23.4. The van der Waals surface area contributed by atoms with E-state index in [1.165, 1.54) is 0 Å². The van der Waals surface area contributed by atoms with Crippen LogP contribution in [0.1, 0.15) is 51.4 Å². The Kier molecular flexibility index (Phi) is 4.91. The lowest BCUT2D eigenvalue weighted by molar-refractivity contribution is -0.154. The zero-order valence-corrected chi connectivity index (χ0v) is 13.0. The highest BCUT2D eigenvalue weighted by Crippen LogP contribution is 2.39. The number of sulfone groups is 1. The van der Waals surface area contributed by atoms with Crippen LogP contribution in [-0.4, -0.2) is 42.9 Å². The van der Waals surface area contributed by atoms with E-state index in [0.717, 1.165) is 19.3 Å². The lowest BCUT2D eigenvalue weighted by Crippen LogP contribution is -2.41. The van der Waals surface area contributed by atoms with Crippen LogP contribution in [0.4, 0.5) is 0 Å². The van der Waals surface area contributed by atoms with Crippen LogP contribution in [0.5, 0.6) is 0 Å². The van der Waals surface area contributed by atoms with Crippen LogP contribution in [-0.2, 0) is 19.4 Å². The summed E-state index contributed by atoms with van der Waals surface area (Å²) in [6.45, 7) is 0.108. The van der Waals surface area contributed by atoms with Gasteiger partial charge >= 0.3 is 5.97 Å². The van der Waals surface area contributed by atoms with E-state index >= 15 is 0 Å². The molecule has 2 aliphatic rings. The van der Waals surface area contributed by atoms with E-state index in [0.29, 0.717) is 25.7 Å². The fourth-order valence-corrected chi connectivity index (χ4v) is 5.15. The summed E-state index contributed by atoms with van der Waals surface area (Å²) in [7, 11) is -3.08. The molecule has 1 heterocycles. The second-order valence-corrected chi connectivity index (χ2v) is 8.66. The molecule has 120 valence electrons. The number of nitrogens with one attached hydrogen (secondary N) is 1. The van der Waals surface area contributed by atoms with Crippen molar-refractivity contribution < 1.29 is 23.1 Å². The summed E-state index contributed by atoms with van der Waals surface area (Å²) in [6, 6.07) is 0. The molecule has 7 heteroatoms. The highest BCUT2D eigenvalue weighted by atomic mass is 32.2. The normalized spacial score (nSPS) is 27.1. The number of hydrogen-bond acceptors (Lipinski definition) is 4. The van der Waals surface area contributed by atoms with E-state index < -0.39 is 26.5 Å². The topological polar surface area (TPSA) is 101 Å². The molecule has 2 fully saturated rings. The molecule has 6 nitrogen and oxygen atoms in total. The van der Waals surface area contributed by atoms with Crippen molar-refractivity contribution in [2.24, 2.45) is 5.41 Å². The minimum Gasteiger partial charge on any atom is -0.481 e. The predicted octanol–water partition coefficient (Wildman–Crippen LogP) is 1.10. The van der Waals surface area contributed by atoms with Gasteiger partial charge in [0.2, 0.25) is 5.91 Å². The number of carbonyl (C=O) groups excluding carboxylic acids is 1. The third-order valence-electron chi connectivity index (χ3n) is 4.75. The molecule has 0 spiro atoms. The third-order valence-corrected chi connectivity index (χ3v) is 7.03. The summed E-state index contributed by atoms with van der Waals surface area (Å²) in [5.74, 6) is -1.07. The molecule has 0 bridgehead atoms. The molecule has 1 saturated carbocycles. The van der Waals surface area contributed by atoms with E-state index in [-0.39, 0.29) is 24.6 Å². The first kappa shape index (κ1) is 16.3. The van der Waals surface area contributed by atoms with Gasteiger partial charge in [-0.05, 0) is 25.7 Å². The summed E-state index contributed by atoms with van der Waals surface area (Å²) in [4.78, 5) is 23.5. The number of hydrogen-bond donors (Lipinski definition) is 2. The maximum Gasteiger partial charge on any atom is 0.310 e. The molecular weight excluding hydrogens is 294 g/mol. The van der Waals surface area contributed by atoms with Crippen LogP contribution < -0.4 is 5.32 Å². The minimum absolute atomic E-state index is 0.0465. The molecule has 0 aromatic rings. The Bertz CT molecular complexity index is 507. The predicted molar refractivity (Wildman–Crippen MR) is 77.6 cm³/mol. The Morgan fingerprint density at radius 3 is 2.33 bits per heavy atom. The fraction of sp³-hybridized carbons (Fsp3) is 0.857. The van der Waals surface area contributed by atoms with Gasteiger partial charge in [-0.15, -0.1) is 0 Å². The third kappa shape index (κ3) is 3.75. The molecule has 1 amide bonds. The maximum atomic E-state index is 12.0. The van der Waals surface area contributed by atoms with Crippen LogP contribution in [0.25, 0.3) is 0 Å². The second-order valence-electron chi connectivity index (χ2n) is 6.26. The van der Waals surface area contributed by atoms with Crippen molar-refractivity contribution in [2.75, 3.05) is 12.3 Å². The van der Waals surface area contributed by atoms with Crippen LogP contribution in [0.2, 0.25) is 0 Å². The molecule has 1 aliphatic carbocycles. The monoisotopic (exact) mass is 317 g/mol. The first-order valence-electron chi connectivity index (χ1n) is 7.57. The van der Waals surface area contributed by atoms with Crippen molar-refractivity contribution in [3.8, 4) is 0 Å². The molecule has 1 unspecified atom stereocenters. The Morgan fingerprint density at radius 2 is 1.81 bits per heavy atom. The Hall–Kier alpha value is -1.11. The van der Waals surface area contributed by atoms with Gasteiger partial charge in [-0.1, -0.05) is 19.3 Å². The zero-order chi connectivity index (χ0) is 15.5. The van der Waals surface area contributed by atoms with Crippen LogP contribution in [0.3, 0.4) is 0 Å². The average molecular weight is 317 g/mol. The van der Waals surface area contributed by atoms with Crippen molar-refractivity contribution in [3.63, 3.8) is 0 Å². The van der Waals surface area contributed by atoms with E-state index in [9.17, 15) is 23.1 Å². The highest BCUT2D eigenvalue weighted by Gasteiger charge is 2.41. The quantitative estimate of drug-likeness (QED) is 0.791. The number of carboxylic acids is 1. The first-order valence-corrected chi connectivity index (χ1v) is 9.29. The van der Waals surface area contributed by atoms with Gasteiger partial charge in [-0.2, -0.15) is 0 Å². The number of rotatable bonds is 5. The highest BCUT2D eigenvalue weighted by molar-refractivity contribution is 7.92. The van der Waals surface area contributed by atoms with Gasteiger partial charge in [0, 0.05) is 13.0 Å². The molecule has 2 N–H and O–H groups in total. The molecule has 0 radical (unpaired) electrons. The van der Waals surface area contributed by atoms with Gasteiger partial charge in [-0.3, -0.25) is 9.59 Å². The fourth-order valence-electron chi connectivity index (χ4n) is 3.38. The Morgan fingerprint density at radius 1 is 1.14 bits per heavy atom. The summed E-state index contributed by atoms with van der Waals surface area (Å²) in [5.41, 5.74) is -0.961. The van der Waals surface area contributed by atoms with Gasteiger partial charge in [0.1, 0.15) is 0 Å². The van der Waals surface area contributed by atoms with Crippen LogP contribution >= 0.6 is 0 Å². The van der Waals surface area contributed by atoms with E-state index in [2.05, 4.69) is 5.32 Å². The second kappa shape index (κ2) is 6.34. The number of carbonyl (C=O) groups is 2. The summed E-state index contributed by atoms with van der Waals surface area (Å²) in [5, 5.41) is 11.5. The van der Waals surface area contributed by atoms with E-state index in [1.807, 2.05) is 0 Å². The van der Waals surface area contributed by atoms with Crippen LogP contribution in [0.15, 0.2) is 0 Å². The van der Waals surface area contributed by atoms with Crippen molar-refractivity contribution in [3.05, 3.63) is 0 Å². The smallest absolute Gasteiger partial charge is 0.310 e. The molecular formula is C14H23NO5S. The van der Waals surface area contributed by atoms with Gasteiger partial charge in [0.15, 0.2) is 9.84 Å². The molecule has 2 rings (SSSR count). The number of aliphatic carboxylic acids is 1. The standard InChI is InChI=1S/C14H23NO5S/c16-12(15-10-11-5-4-8-21(11,19)20)9-14(13(17)18)6-2-1-3-7-14/h11H,1-10H2,(H,15,16)(H,17,18). The Balaban J connectivity index is 1.90. The maximum absolute atomic E-state index is 12.0. The average Bonchev–Trinajstić information content (AvgIpc) is 2.76. The van der Waals surface area contributed by atoms with Crippen molar-refractivity contribution in [2.45, 2.75) is 56.6 Å². The number of amides is 1. The summed E-state index contributed by atoms with van der Waals surface area (Å²) in [6.07, 6.45) is 4.89. The van der Waals surface area contributed by atoms with Gasteiger partial charge in [0.25, 0.3) is 0 Å². The lowest BCUT2D eigenvalue weighted by Gasteiger charge is -2.32. The SMILES string of the molecule is O=C(CC1(C(=O)O)CCCCC1)NCC1CCCS1(=O)=O. The Labute approximate surface area is 125 Å². The van der Waals surface area contributed by atoms with E-state index in [4.69, 9.17) is 0 Å². The van der Waals surface area contributed by atoms with Crippen LogP contribution in [0, 0.1) is 5.41 Å². The van der Waals surface area contributed by atoms with Crippen molar-refractivity contribution in [1.29, 1.82) is 0 Å². The molecule has 0 aromatic carbocycles. The zero-order valence-electron chi connectivity index (χ0n) is 12.1. The van der Waals surface area contributed by atoms with Gasteiger partial charge in [0.05, 0.1) is 16.4 Å². The molecule has 21 heavy (non-hydrogen) atoms. The van der Waals surface area contributed by atoms with E-state index in [1.54, 1.807) is 0 Å². The van der Waals surface area contributed by atoms with Crippen molar-refractivity contribution >= 4 is 21.7 Å². The molecule has 0 aromatic heterocycles. The lowest BCUT2D eigenvalue weighted by atomic mass is 9.71. The largest absolute Gasteiger partial charge is 0.481 e. The van der Waals surface area contributed by atoms with Crippen molar-refractivity contribution in [1.82, 2.24) is 5.32 Å². The van der Waals surface area contributed by atoms with Gasteiger partial charge in [-0.25, -0.2) is 8.42 Å².